The van der Waals surface area contributed by atoms with Crippen molar-refractivity contribution in [3.8, 4) is 0 Å². The van der Waals surface area contributed by atoms with Crippen LogP contribution < -0.4 is 0 Å². The van der Waals surface area contributed by atoms with Crippen molar-refractivity contribution in [2.24, 2.45) is 28.6 Å². The van der Waals surface area contributed by atoms with E-state index in [-0.39, 0.29) is 12.3 Å². The van der Waals surface area contributed by atoms with Gasteiger partial charge in [-0.25, -0.2) is 0 Å². The molecule has 2 heterocycles. The fraction of sp³-hybridized carbons (Fsp3) is 0.840. The van der Waals surface area contributed by atoms with Gasteiger partial charge in [0.05, 0.1) is 29.6 Å². The van der Waals surface area contributed by atoms with Gasteiger partial charge in [-0.15, -0.1) is 0 Å². The van der Waals surface area contributed by atoms with Crippen LogP contribution in [-0.2, 0) is 23.8 Å². The van der Waals surface area contributed by atoms with E-state index in [2.05, 4.69) is 6.58 Å². The van der Waals surface area contributed by atoms with Crippen molar-refractivity contribution in [1.29, 1.82) is 0 Å². The molecular formula is C25H34O11. The molecule has 4 saturated carbocycles. The third kappa shape index (κ3) is 2.72. The Balaban J connectivity index is 1.39. The van der Waals surface area contributed by atoms with Crippen LogP contribution in [0.4, 0.5) is 0 Å². The van der Waals surface area contributed by atoms with Gasteiger partial charge in [-0.05, 0) is 56.4 Å². The smallest absolute Gasteiger partial charge is 0.315 e. The van der Waals surface area contributed by atoms with Gasteiger partial charge in [0.25, 0.3) is 0 Å². The lowest BCUT2D eigenvalue weighted by atomic mass is 9.59. The average Bonchev–Trinajstić information content (AvgIpc) is 3.24. The van der Waals surface area contributed by atoms with Gasteiger partial charge in [-0.3, -0.25) is 9.59 Å². The average molecular weight is 511 g/mol. The van der Waals surface area contributed by atoms with Crippen molar-refractivity contribution in [1.82, 2.24) is 0 Å². The summed E-state index contributed by atoms with van der Waals surface area (Å²) in [6.07, 6.45) is -6.13. The first kappa shape index (κ1) is 24.7. The number of fused-ring (bicyclic) bond motifs is 1. The van der Waals surface area contributed by atoms with Crippen LogP contribution in [0.1, 0.15) is 45.4 Å². The molecule has 0 radical (unpaired) electrons. The van der Waals surface area contributed by atoms with Gasteiger partial charge in [0.15, 0.2) is 6.29 Å². The van der Waals surface area contributed by atoms with Gasteiger partial charge in [0.2, 0.25) is 0 Å². The molecule has 4 bridgehead atoms. The molecular weight excluding hydrogens is 476 g/mol. The van der Waals surface area contributed by atoms with E-state index >= 15 is 0 Å². The second-order valence-corrected chi connectivity index (χ2v) is 12.1. The van der Waals surface area contributed by atoms with E-state index in [1.807, 2.05) is 0 Å². The van der Waals surface area contributed by atoms with Crippen LogP contribution in [0.15, 0.2) is 12.2 Å². The quantitative estimate of drug-likeness (QED) is 0.203. The normalized spacial score (nSPS) is 57.3. The van der Waals surface area contributed by atoms with E-state index in [4.69, 9.17) is 14.2 Å². The van der Waals surface area contributed by atoms with Gasteiger partial charge < -0.3 is 44.8 Å². The minimum absolute atomic E-state index is 0.241. The summed E-state index contributed by atoms with van der Waals surface area (Å²) in [5.74, 6) is -3.58. The topological polar surface area (TPSA) is 183 Å². The zero-order chi connectivity index (χ0) is 26.0. The van der Waals surface area contributed by atoms with E-state index in [0.717, 1.165) is 0 Å². The molecule has 0 aromatic carbocycles. The maximum atomic E-state index is 13.5. The Bertz CT molecular complexity index is 1010. The van der Waals surface area contributed by atoms with Gasteiger partial charge in [0.1, 0.15) is 30.0 Å². The highest BCUT2D eigenvalue weighted by Crippen LogP contribution is 2.78. The molecule has 11 nitrogen and oxygen atoms in total. The lowest BCUT2D eigenvalue weighted by Gasteiger charge is -2.48. The van der Waals surface area contributed by atoms with Crippen LogP contribution in [0.3, 0.4) is 0 Å². The van der Waals surface area contributed by atoms with E-state index in [1.165, 1.54) is 0 Å². The molecule has 6 N–H and O–H groups in total. The first-order valence-electron chi connectivity index (χ1n) is 12.7. The van der Waals surface area contributed by atoms with Crippen LogP contribution in [0.2, 0.25) is 0 Å². The number of carbonyl (C=O) groups excluding carboxylic acids is 1. The molecule has 6 aliphatic rings. The fourth-order valence-electron chi connectivity index (χ4n) is 9.18. The molecule has 2 aliphatic heterocycles. The summed E-state index contributed by atoms with van der Waals surface area (Å²) in [5.41, 5.74) is -3.68. The maximum Gasteiger partial charge on any atom is 0.315 e. The van der Waals surface area contributed by atoms with Crippen molar-refractivity contribution in [3.05, 3.63) is 12.2 Å². The second-order valence-electron chi connectivity index (χ2n) is 12.1. The third-order valence-electron chi connectivity index (χ3n) is 10.7. The molecule has 6 rings (SSSR count). The van der Waals surface area contributed by atoms with Crippen LogP contribution >= 0.6 is 0 Å². The van der Waals surface area contributed by atoms with Crippen molar-refractivity contribution in [3.63, 3.8) is 0 Å². The number of esters is 1. The lowest BCUT2D eigenvalue weighted by molar-refractivity contribution is -0.322. The third-order valence-corrected chi connectivity index (χ3v) is 10.7. The van der Waals surface area contributed by atoms with E-state index in [9.17, 15) is 40.2 Å². The van der Waals surface area contributed by atoms with Crippen LogP contribution in [0.5, 0.6) is 0 Å². The number of rotatable bonds is 4. The molecule has 36 heavy (non-hydrogen) atoms. The molecule has 0 aromatic rings. The van der Waals surface area contributed by atoms with Crippen LogP contribution in [0.25, 0.3) is 0 Å². The molecule has 11 heteroatoms. The molecule has 1 spiro atoms. The van der Waals surface area contributed by atoms with E-state index in [0.29, 0.717) is 37.7 Å². The summed E-state index contributed by atoms with van der Waals surface area (Å²) in [6, 6.07) is 0. The van der Waals surface area contributed by atoms with Crippen molar-refractivity contribution in [2.75, 3.05) is 6.61 Å². The van der Waals surface area contributed by atoms with Gasteiger partial charge >= 0.3 is 11.9 Å². The number of aliphatic hydroxyl groups is 5. The van der Waals surface area contributed by atoms with E-state index in [1.54, 1.807) is 6.92 Å². The molecule has 2 saturated heterocycles. The molecule has 13 atom stereocenters. The Morgan fingerprint density at radius 2 is 1.89 bits per heavy atom. The number of hydrogen-bond acceptors (Lipinski definition) is 10. The van der Waals surface area contributed by atoms with Gasteiger partial charge in [0, 0.05) is 11.8 Å². The highest BCUT2D eigenvalue weighted by atomic mass is 16.7. The number of carboxylic acid groups (broad SMARTS) is 1. The standard InChI is InChI=1S/C25H34O11/c1-10-7-23-9-24(10,33)5-3-12(23)25-6-4-13(22(2,21(32)36-25)18(25)14(23)19(30)31)35-20-17(29)16(28)15(27)11(8-26)34-20/h11-18,20,26-29,33H,1,3-9H2,2H3,(H,30,31)/t11-,12-,13+,14-,15-,16+,17-,18-,20+,22?,23+,24+,25-/m1/s1. The summed E-state index contributed by atoms with van der Waals surface area (Å²) in [5, 5.41) is 62.1. The number of aliphatic hydroxyl groups excluding tert-OH is 4. The summed E-state index contributed by atoms with van der Waals surface area (Å²) >= 11 is 0. The van der Waals surface area contributed by atoms with E-state index < -0.39 is 89.2 Å². The predicted molar refractivity (Wildman–Crippen MR) is 118 cm³/mol. The number of aliphatic carboxylic acids is 1. The van der Waals surface area contributed by atoms with Crippen molar-refractivity contribution in [2.45, 2.75) is 93.5 Å². The van der Waals surface area contributed by atoms with Gasteiger partial charge in [-0.2, -0.15) is 0 Å². The summed E-state index contributed by atoms with van der Waals surface area (Å²) in [4.78, 5) is 26.4. The van der Waals surface area contributed by atoms with Crippen LogP contribution in [0, 0.1) is 28.6 Å². The zero-order valence-corrected chi connectivity index (χ0v) is 20.1. The summed E-state index contributed by atoms with van der Waals surface area (Å²) < 4.78 is 17.8. The molecule has 200 valence electrons. The zero-order valence-electron chi connectivity index (χ0n) is 20.1. The Kier molecular flexibility index (Phi) is 5.15. The second kappa shape index (κ2) is 7.49. The largest absolute Gasteiger partial charge is 0.481 e. The Labute approximate surface area is 207 Å². The molecule has 0 aromatic heterocycles. The number of hydrogen-bond donors (Lipinski definition) is 6. The molecule has 6 fully saturated rings. The highest BCUT2D eigenvalue weighted by Gasteiger charge is 2.84. The maximum absolute atomic E-state index is 13.5. The lowest BCUT2D eigenvalue weighted by Crippen LogP contribution is -2.62. The predicted octanol–water partition coefficient (Wildman–Crippen LogP) is -0.925. The van der Waals surface area contributed by atoms with Crippen molar-refractivity contribution >= 4 is 11.9 Å². The molecule has 0 amide bonds. The minimum atomic E-state index is -1.65. The van der Waals surface area contributed by atoms with Crippen molar-refractivity contribution < 1.29 is 54.4 Å². The fourth-order valence-corrected chi connectivity index (χ4v) is 9.18. The molecule has 4 aliphatic carbocycles. The molecule has 1 unspecified atom stereocenters. The number of ether oxygens (including phenoxy) is 3. The number of carboxylic acids is 1. The summed E-state index contributed by atoms with van der Waals surface area (Å²) in [7, 11) is 0. The van der Waals surface area contributed by atoms with Gasteiger partial charge in [-0.1, -0.05) is 6.58 Å². The first-order chi connectivity index (χ1) is 16.9. The minimum Gasteiger partial charge on any atom is -0.481 e. The SMILES string of the molecule is C=C1C[C@]23C[C@@]1(O)CC[C@H]2[C@@]12CC[C@H](O[C@@H]4O[C@H](CO)[C@@H](O)[C@H](O)[C@H]4O)C(C)(C(=O)O1)[C@H]2[C@@H]3C(=O)O. The summed E-state index contributed by atoms with van der Waals surface area (Å²) in [6.45, 7) is 5.08. The monoisotopic (exact) mass is 510 g/mol. The Morgan fingerprint density at radius 1 is 1.17 bits per heavy atom. The number of carbonyl (C=O) groups is 2. The van der Waals surface area contributed by atoms with Crippen LogP contribution in [-0.4, -0.2) is 97.2 Å². The Hall–Kier alpha value is -1.60. The Morgan fingerprint density at radius 3 is 2.56 bits per heavy atom. The highest BCUT2D eigenvalue weighted by molar-refractivity contribution is 5.85. The first-order valence-corrected chi connectivity index (χ1v) is 12.7.